The first-order chi connectivity index (χ1) is 15.2. The molecule has 0 N–H and O–H groups in total. The summed E-state index contributed by atoms with van der Waals surface area (Å²) in [4.78, 5) is 20.0. The Labute approximate surface area is 185 Å². The van der Waals surface area contributed by atoms with E-state index in [1.807, 2.05) is 18.3 Å². The average molecular weight is 456 g/mol. The van der Waals surface area contributed by atoms with E-state index in [9.17, 15) is 18.0 Å². The van der Waals surface area contributed by atoms with Crippen molar-refractivity contribution in [2.45, 2.75) is 31.0 Å². The number of rotatable bonds is 2. The summed E-state index contributed by atoms with van der Waals surface area (Å²) in [6.07, 6.45) is -0.0129. The van der Waals surface area contributed by atoms with Crippen LogP contribution in [0.4, 0.5) is 24.5 Å². The van der Waals surface area contributed by atoms with Crippen molar-refractivity contribution < 1.29 is 18.0 Å². The number of benzene rings is 1. The minimum atomic E-state index is -4.79. The van der Waals surface area contributed by atoms with Crippen molar-refractivity contribution in [1.82, 2.24) is 14.8 Å². The normalized spacial score (nSPS) is 17.8. The van der Waals surface area contributed by atoms with Crippen molar-refractivity contribution in [1.29, 1.82) is 5.26 Å². The number of nitrogens with zero attached hydrogens (tertiary/aromatic N) is 6. The fraction of sp³-hybridized carbons (Fsp3) is 0.286. The Bertz CT molecular complexity index is 1340. The van der Waals surface area contributed by atoms with Crippen molar-refractivity contribution >= 4 is 45.5 Å². The third-order valence-corrected chi connectivity index (χ3v) is 6.36. The van der Waals surface area contributed by atoms with E-state index in [-0.39, 0.29) is 16.7 Å². The maximum absolute atomic E-state index is 13.5. The van der Waals surface area contributed by atoms with Crippen LogP contribution in [0, 0.1) is 11.3 Å². The highest BCUT2D eigenvalue weighted by Gasteiger charge is 2.59. The van der Waals surface area contributed by atoms with Crippen LogP contribution < -0.4 is 9.80 Å². The number of hydrogen-bond donors (Lipinski definition) is 0. The Morgan fingerprint density at radius 2 is 1.97 bits per heavy atom. The first-order valence-electron chi connectivity index (χ1n) is 9.75. The molecule has 0 unspecified atom stereocenters. The number of aryl methyl sites for hydroxylation is 1. The minimum absolute atomic E-state index is 0.0811. The molecule has 32 heavy (non-hydrogen) atoms. The number of amides is 1. The zero-order valence-electron chi connectivity index (χ0n) is 16.7. The molecule has 5 rings (SSSR count). The fourth-order valence-corrected chi connectivity index (χ4v) is 4.83. The zero-order chi connectivity index (χ0) is 22.8. The van der Waals surface area contributed by atoms with E-state index in [0.717, 1.165) is 34.5 Å². The molecule has 0 bridgehead atoms. The van der Waals surface area contributed by atoms with Gasteiger partial charge in [-0.2, -0.15) is 23.5 Å². The van der Waals surface area contributed by atoms with E-state index in [2.05, 4.69) is 10.1 Å². The lowest BCUT2D eigenvalue weighted by atomic mass is 9.75. The molecule has 7 nitrogen and oxygen atoms in total. The largest absolute Gasteiger partial charge is 0.419 e. The van der Waals surface area contributed by atoms with Gasteiger partial charge in [-0.15, -0.1) is 0 Å². The third-order valence-electron chi connectivity index (χ3n) is 6.00. The Balaban J connectivity index is 1.62. The summed E-state index contributed by atoms with van der Waals surface area (Å²) in [6.45, 7) is 0. The van der Waals surface area contributed by atoms with Gasteiger partial charge in [-0.1, -0.05) is 0 Å². The summed E-state index contributed by atoms with van der Waals surface area (Å²) in [5.74, 6) is -0.389. The molecule has 11 heteroatoms. The summed E-state index contributed by atoms with van der Waals surface area (Å²) in [6, 6.07) is 7.69. The smallest absolute Gasteiger partial charge is 0.303 e. The van der Waals surface area contributed by atoms with E-state index in [4.69, 9.17) is 17.5 Å². The molecule has 1 aromatic carbocycles. The first kappa shape index (κ1) is 20.4. The Morgan fingerprint density at radius 3 is 2.59 bits per heavy atom. The van der Waals surface area contributed by atoms with Gasteiger partial charge in [0.2, 0.25) is 0 Å². The van der Waals surface area contributed by atoms with E-state index in [1.165, 1.54) is 6.07 Å². The number of alkyl halides is 3. The van der Waals surface area contributed by atoms with Crippen molar-refractivity contribution in [3.63, 3.8) is 0 Å². The number of nitriles is 1. The third kappa shape index (κ3) is 2.79. The van der Waals surface area contributed by atoms with Gasteiger partial charge in [0.05, 0.1) is 23.0 Å². The lowest BCUT2D eigenvalue weighted by molar-refractivity contribution is -0.138. The molecule has 0 atom stereocenters. The molecule has 2 aliphatic rings. The molecule has 0 radical (unpaired) electrons. The monoisotopic (exact) mass is 456 g/mol. The molecule has 1 aliphatic heterocycles. The predicted molar refractivity (Wildman–Crippen MR) is 114 cm³/mol. The zero-order valence-corrected chi connectivity index (χ0v) is 17.5. The van der Waals surface area contributed by atoms with Gasteiger partial charge >= 0.3 is 6.18 Å². The van der Waals surface area contributed by atoms with Crippen LogP contribution in [-0.2, 0) is 18.0 Å². The summed E-state index contributed by atoms with van der Waals surface area (Å²) >= 11 is 5.61. The van der Waals surface area contributed by atoms with Crippen LogP contribution in [0.15, 0.2) is 36.7 Å². The number of thiocarbonyl (C=S) groups is 1. The Kier molecular flexibility index (Phi) is 4.29. The molecule has 1 aliphatic carbocycles. The van der Waals surface area contributed by atoms with Crippen molar-refractivity contribution in [3.05, 3.63) is 47.9 Å². The second kappa shape index (κ2) is 6.74. The number of carbonyl (C=O) groups is 1. The molecule has 2 aromatic heterocycles. The van der Waals surface area contributed by atoms with Crippen molar-refractivity contribution in [2.75, 3.05) is 9.80 Å². The Morgan fingerprint density at radius 1 is 1.22 bits per heavy atom. The quantitative estimate of drug-likeness (QED) is 0.544. The van der Waals surface area contributed by atoms with E-state index >= 15 is 0 Å². The van der Waals surface area contributed by atoms with E-state index < -0.39 is 23.0 Å². The van der Waals surface area contributed by atoms with Crippen LogP contribution in [0.3, 0.4) is 0 Å². The Hall–Kier alpha value is -3.52. The second-order valence-corrected chi connectivity index (χ2v) is 8.25. The van der Waals surface area contributed by atoms with Gasteiger partial charge in [0.15, 0.2) is 10.8 Å². The molecular weight excluding hydrogens is 441 g/mol. The van der Waals surface area contributed by atoms with Crippen LogP contribution >= 0.6 is 12.2 Å². The van der Waals surface area contributed by atoms with E-state index in [1.54, 1.807) is 22.7 Å². The topological polar surface area (TPSA) is 78.0 Å². The molecule has 162 valence electrons. The highest BCUT2D eigenvalue weighted by atomic mass is 32.1. The number of halogens is 3. The summed E-state index contributed by atoms with van der Waals surface area (Å²) in [5.41, 5.74) is -1.56. The number of pyridine rings is 1. The van der Waals surface area contributed by atoms with Crippen LogP contribution in [0.25, 0.3) is 10.9 Å². The highest BCUT2D eigenvalue weighted by molar-refractivity contribution is 7.81. The number of hydrogen-bond acceptors (Lipinski definition) is 5. The SMILES string of the molecule is Cn1cc2cc(N3C(=S)N(c4cnc(C#N)c(C(F)(F)F)c4)C(=O)C34CCC4)ccc2n1. The van der Waals surface area contributed by atoms with Gasteiger partial charge in [0.1, 0.15) is 11.6 Å². The van der Waals surface area contributed by atoms with Gasteiger partial charge in [-0.05, 0) is 55.7 Å². The molecule has 1 amide bonds. The van der Waals surface area contributed by atoms with Crippen LogP contribution in [0.2, 0.25) is 0 Å². The summed E-state index contributed by atoms with van der Waals surface area (Å²) in [5, 5.41) is 14.3. The molecule has 1 spiro atoms. The number of fused-ring (bicyclic) bond motifs is 1. The van der Waals surface area contributed by atoms with Gasteiger partial charge in [-0.25, -0.2) is 4.98 Å². The van der Waals surface area contributed by atoms with Gasteiger partial charge in [0.25, 0.3) is 5.91 Å². The maximum atomic E-state index is 13.5. The van der Waals surface area contributed by atoms with Crippen molar-refractivity contribution in [3.8, 4) is 6.07 Å². The van der Waals surface area contributed by atoms with Crippen LogP contribution in [0.1, 0.15) is 30.5 Å². The molecule has 3 heterocycles. The minimum Gasteiger partial charge on any atom is -0.303 e. The first-order valence-corrected chi connectivity index (χ1v) is 10.2. The lowest BCUT2D eigenvalue weighted by Crippen LogP contribution is -2.55. The molecule has 1 saturated carbocycles. The maximum Gasteiger partial charge on any atom is 0.419 e. The molecule has 1 saturated heterocycles. The lowest BCUT2D eigenvalue weighted by Gasteiger charge is -2.43. The predicted octanol–water partition coefficient (Wildman–Crippen LogP) is 3.92. The molecule has 3 aromatic rings. The second-order valence-electron chi connectivity index (χ2n) is 7.89. The number of aromatic nitrogens is 3. The standard InChI is InChI=1S/C21H15F3N6OS/c1-28-11-12-7-13(3-4-16(12)27-28)30-19(32)29(18(31)20(30)5-2-6-20)14-8-15(21(22,23)24)17(9-25)26-10-14/h3-4,7-8,10-11H,2,5-6H2,1H3. The number of carbonyl (C=O) groups excluding carboxylic acids is 1. The molecular formula is C21H15F3N6OS. The van der Waals surface area contributed by atoms with Gasteiger partial charge in [0, 0.05) is 24.3 Å². The highest BCUT2D eigenvalue weighted by Crippen LogP contribution is 2.48. The average Bonchev–Trinajstić information content (AvgIpc) is 3.19. The summed E-state index contributed by atoms with van der Waals surface area (Å²) in [7, 11) is 1.80. The summed E-state index contributed by atoms with van der Waals surface area (Å²) < 4.78 is 42.1. The van der Waals surface area contributed by atoms with Crippen LogP contribution in [-0.4, -0.2) is 31.3 Å². The molecule has 2 fully saturated rings. The van der Waals surface area contributed by atoms with E-state index in [0.29, 0.717) is 18.5 Å². The number of anilines is 2. The van der Waals surface area contributed by atoms with Crippen LogP contribution in [0.5, 0.6) is 0 Å². The van der Waals surface area contributed by atoms with Crippen molar-refractivity contribution in [2.24, 2.45) is 7.05 Å². The fourth-order valence-electron chi connectivity index (χ4n) is 4.36. The van der Waals surface area contributed by atoms with Gasteiger partial charge in [-0.3, -0.25) is 14.4 Å². The van der Waals surface area contributed by atoms with Gasteiger partial charge < -0.3 is 4.90 Å².